The molecule has 134 valence electrons. The Morgan fingerprint density at radius 3 is 2.40 bits per heavy atom. The lowest BCUT2D eigenvalue weighted by Crippen LogP contribution is -2.42. The van der Waals surface area contributed by atoms with Crippen LogP contribution in [0.2, 0.25) is 0 Å². The molecule has 3 amide bonds. The van der Waals surface area contributed by atoms with Crippen LogP contribution >= 0.6 is 0 Å². The van der Waals surface area contributed by atoms with Gasteiger partial charge in [0.15, 0.2) is 0 Å². The van der Waals surface area contributed by atoms with E-state index in [9.17, 15) is 9.59 Å². The summed E-state index contributed by atoms with van der Waals surface area (Å²) >= 11 is 0. The van der Waals surface area contributed by atoms with Crippen molar-refractivity contribution in [2.45, 2.75) is 40.2 Å². The van der Waals surface area contributed by atoms with E-state index in [1.54, 1.807) is 0 Å². The van der Waals surface area contributed by atoms with Crippen LogP contribution in [0.4, 0.5) is 4.79 Å². The van der Waals surface area contributed by atoms with Gasteiger partial charge in [0, 0.05) is 12.1 Å². The van der Waals surface area contributed by atoms with Gasteiger partial charge in [-0.2, -0.15) is 4.80 Å². The summed E-state index contributed by atoms with van der Waals surface area (Å²) in [6.45, 7) is 8.51. The van der Waals surface area contributed by atoms with E-state index in [0.717, 1.165) is 10.4 Å². The monoisotopic (exact) mass is 344 g/mol. The van der Waals surface area contributed by atoms with Gasteiger partial charge in [-0.1, -0.05) is 52.0 Å². The topological polar surface area (TPSA) is 102 Å². The Morgan fingerprint density at radius 2 is 1.80 bits per heavy atom. The van der Waals surface area contributed by atoms with Crippen molar-refractivity contribution >= 4 is 11.9 Å². The van der Waals surface area contributed by atoms with Gasteiger partial charge in [0.05, 0.1) is 0 Å². The maximum absolute atomic E-state index is 11.8. The molecule has 1 aromatic carbocycles. The fraction of sp³-hybridized carbons (Fsp3) is 0.471. The van der Waals surface area contributed by atoms with Crippen LogP contribution in [0.5, 0.6) is 0 Å². The van der Waals surface area contributed by atoms with Gasteiger partial charge >= 0.3 is 6.03 Å². The first-order valence-corrected chi connectivity index (χ1v) is 8.31. The second kappa shape index (κ2) is 8.36. The fourth-order valence-corrected chi connectivity index (χ4v) is 2.08. The Bertz CT molecular complexity index is 721. The standard InChI is InChI=1S/C17H24N6O2/c1-11(2)9-18-17(25)19-15(24)10-23-21-16(20-22-23)14-7-5-13(6-8-14)12(3)4/h5-8,11-12H,9-10H2,1-4H3,(H2,18,19,24,25). The third kappa shape index (κ3) is 5.66. The Balaban J connectivity index is 1.92. The molecule has 0 aliphatic carbocycles. The van der Waals surface area contributed by atoms with Crippen molar-refractivity contribution in [1.82, 2.24) is 30.8 Å². The number of amides is 3. The predicted octanol–water partition coefficient (Wildman–Crippen LogP) is 1.95. The summed E-state index contributed by atoms with van der Waals surface area (Å²) < 4.78 is 0. The summed E-state index contributed by atoms with van der Waals surface area (Å²) in [5, 5.41) is 16.8. The van der Waals surface area contributed by atoms with Crippen LogP contribution < -0.4 is 10.6 Å². The normalized spacial score (nSPS) is 11.0. The third-order valence-electron chi connectivity index (χ3n) is 3.50. The van der Waals surface area contributed by atoms with Gasteiger partial charge in [0.25, 0.3) is 5.91 Å². The summed E-state index contributed by atoms with van der Waals surface area (Å²) in [5.41, 5.74) is 2.05. The quantitative estimate of drug-likeness (QED) is 0.834. The van der Waals surface area contributed by atoms with Gasteiger partial charge in [0.1, 0.15) is 6.54 Å². The summed E-state index contributed by atoms with van der Waals surface area (Å²) in [4.78, 5) is 24.5. The molecule has 8 nitrogen and oxygen atoms in total. The maximum atomic E-state index is 11.8. The molecule has 1 heterocycles. The SMILES string of the molecule is CC(C)CNC(=O)NC(=O)Cn1nnc(-c2ccc(C(C)C)cc2)n1. The minimum absolute atomic E-state index is 0.174. The highest BCUT2D eigenvalue weighted by Crippen LogP contribution is 2.19. The number of rotatable bonds is 6. The van der Waals surface area contributed by atoms with Gasteiger partial charge in [-0.15, -0.1) is 10.2 Å². The number of benzene rings is 1. The van der Waals surface area contributed by atoms with Crippen molar-refractivity contribution in [1.29, 1.82) is 0 Å². The molecule has 1 aromatic heterocycles. The highest BCUT2D eigenvalue weighted by molar-refractivity contribution is 5.94. The number of nitrogens with zero attached hydrogens (tertiary/aromatic N) is 4. The molecule has 2 aromatic rings. The van der Waals surface area contributed by atoms with E-state index >= 15 is 0 Å². The minimum Gasteiger partial charge on any atom is -0.338 e. The van der Waals surface area contributed by atoms with E-state index in [0.29, 0.717) is 24.2 Å². The first-order valence-electron chi connectivity index (χ1n) is 8.31. The highest BCUT2D eigenvalue weighted by Gasteiger charge is 2.12. The van der Waals surface area contributed by atoms with Crippen LogP contribution in [0.1, 0.15) is 39.2 Å². The fourth-order valence-electron chi connectivity index (χ4n) is 2.08. The average molecular weight is 344 g/mol. The summed E-state index contributed by atoms with van der Waals surface area (Å²) in [5.74, 6) is 0.693. The smallest absolute Gasteiger partial charge is 0.321 e. The number of carbonyl (C=O) groups excluding carboxylic acids is 2. The average Bonchev–Trinajstić information content (AvgIpc) is 3.01. The van der Waals surface area contributed by atoms with E-state index in [-0.39, 0.29) is 6.54 Å². The largest absolute Gasteiger partial charge is 0.338 e. The zero-order valence-corrected chi connectivity index (χ0v) is 15.0. The van der Waals surface area contributed by atoms with Gasteiger partial charge in [-0.25, -0.2) is 4.79 Å². The molecular weight excluding hydrogens is 320 g/mol. The van der Waals surface area contributed by atoms with Crippen molar-refractivity contribution in [3.05, 3.63) is 29.8 Å². The number of hydrogen-bond acceptors (Lipinski definition) is 5. The molecule has 0 saturated heterocycles. The zero-order chi connectivity index (χ0) is 18.4. The van der Waals surface area contributed by atoms with Gasteiger partial charge in [-0.05, 0) is 22.6 Å². The molecule has 2 rings (SSSR count). The molecule has 0 bridgehead atoms. The number of imide groups is 1. The zero-order valence-electron chi connectivity index (χ0n) is 15.0. The van der Waals surface area contributed by atoms with Crippen LogP contribution in [0.25, 0.3) is 11.4 Å². The lowest BCUT2D eigenvalue weighted by Gasteiger charge is -2.08. The van der Waals surface area contributed by atoms with Crippen LogP contribution in [-0.2, 0) is 11.3 Å². The van der Waals surface area contributed by atoms with Crippen molar-refractivity contribution in [3.8, 4) is 11.4 Å². The second-order valence-corrected chi connectivity index (χ2v) is 6.57. The van der Waals surface area contributed by atoms with E-state index in [4.69, 9.17) is 0 Å². The third-order valence-corrected chi connectivity index (χ3v) is 3.50. The highest BCUT2D eigenvalue weighted by atomic mass is 16.2. The second-order valence-electron chi connectivity index (χ2n) is 6.57. The van der Waals surface area contributed by atoms with Gasteiger partial charge in [-0.3, -0.25) is 10.1 Å². The van der Waals surface area contributed by atoms with E-state index in [2.05, 4.69) is 39.9 Å². The Kier molecular flexibility index (Phi) is 6.21. The maximum Gasteiger partial charge on any atom is 0.321 e. The molecule has 0 aliphatic heterocycles. The van der Waals surface area contributed by atoms with Crippen molar-refractivity contribution in [3.63, 3.8) is 0 Å². The van der Waals surface area contributed by atoms with Crippen LogP contribution in [-0.4, -0.2) is 38.7 Å². The molecule has 0 saturated carbocycles. The Hall–Kier alpha value is -2.77. The number of hydrogen-bond donors (Lipinski definition) is 2. The number of aromatic nitrogens is 4. The number of nitrogens with one attached hydrogen (secondary N) is 2. The summed E-state index contributed by atoms with van der Waals surface area (Å²) in [6, 6.07) is 7.37. The van der Waals surface area contributed by atoms with Crippen molar-refractivity contribution < 1.29 is 9.59 Å². The number of tetrazole rings is 1. The first kappa shape index (κ1) is 18.6. The van der Waals surface area contributed by atoms with Crippen LogP contribution in [0.15, 0.2) is 24.3 Å². The minimum atomic E-state index is -0.525. The van der Waals surface area contributed by atoms with E-state index in [1.807, 2.05) is 38.1 Å². The molecule has 0 atom stereocenters. The molecule has 0 aliphatic rings. The van der Waals surface area contributed by atoms with Gasteiger partial charge < -0.3 is 5.32 Å². The molecule has 0 unspecified atom stereocenters. The first-order chi connectivity index (χ1) is 11.8. The number of urea groups is 1. The van der Waals surface area contributed by atoms with Crippen molar-refractivity contribution in [2.75, 3.05) is 6.54 Å². The molecule has 0 spiro atoms. The van der Waals surface area contributed by atoms with Crippen molar-refractivity contribution in [2.24, 2.45) is 5.92 Å². The molecular formula is C17H24N6O2. The molecule has 8 heteroatoms. The summed E-state index contributed by atoms with van der Waals surface area (Å²) in [7, 11) is 0. The Morgan fingerprint density at radius 1 is 1.12 bits per heavy atom. The van der Waals surface area contributed by atoms with Gasteiger partial charge in [0.2, 0.25) is 5.82 Å². The van der Waals surface area contributed by atoms with E-state index < -0.39 is 11.9 Å². The predicted molar refractivity (Wildman–Crippen MR) is 93.7 cm³/mol. The van der Waals surface area contributed by atoms with E-state index in [1.165, 1.54) is 5.56 Å². The molecule has 0 fully saturated rings. The lowest BCUT2D eigenvalue weighted by molar-refractivity contribution is -0.121. The van der Waals surface area contributed by atoms with Crippen LogP contribution in [0.3, 0.4) is 0 Å². The van der Waals surface area contributed by atoms with Crippen LogP contribution in [0, 0.1) is 5.92 Å². The molecule has 2 N–H and O–H groups in total. The number of carbonyl (C=O) groups is 2. The molecule has 0 radical (unpaired) electrons. The lowest BCUT2D eigenvalue weighted by atomic mass is 10.0. The molecule has 25 heavy (non-hydrogen) atoms. The summed E-state index contributed by atoms with van der Waals surface area (Å²) in [6.07, 6.45) is 0. The Labute approximate surface area is 147 Å².